The molecule has 1 N–H and O–H groups in total. The van der Waals surface area contributed by atoms with Crippen LogP contribution in [-0.2, 0) is 14.8 Å². The molecule has 1 fully saturated rings. The van der Waals surface area contributed by atoms with E-state index in [1.165, 1.54) is 17.8 Å². The van der Waals surface area contributed by atoms with Gasteiger partial charge in [0.1, 0.15) is 17.2 Å². The molecule has 0 saturated carbocycles. The molecular weight excluding hydrogens is 428 g/mol. The van der Waals surface area contributed by atoms with Crippen LogP contribution in [0.2, 0.25) is 0 Å². The lowest BCUT2D eigenvalue weighted by Gasteiger charge is -2.17. The Morgan fingerprint density at radius 2 is 1.97 bits per heavy atom. The molecule has 0 aromatic heterocycles. The Kier molecular flexibility index (Phi) is 5.22. The van der Waals surface area contributed by atoms with Crippen LogP contribution in [0.3, 0.4) is 0 Å². The summed E-state index contributed by atoms with van der Waals surface area (Å²) in [7, 11) is -4.01. The fourth-order valence-corrected chi connectivity index (χ4v) is 5.35. The molecule has 7 nitrogen and oxygen atoms in total. The molecule has 0 aliphatic carbocycles. The van der Waals surface area contributed by atoms with Crippen molar-refractivity contribution in [1.82, 2.24) is 4.31 Å². The zero-order valence-corrected chi connectivity index (χ0v) is 17.4. The van der Waals surface area contributed by atoms with Gasteiger partial charge in [0, 0.05) is 24.3 Å². The normalized spacial score (nSPS) is 24.9. The Hall–Kier alpha value is -2.98. The Morgan fingerprint density at radius 1 is 1.29 bits per heavy atom. The summed E-state index contributed by atoms with van der Waals surface area (Å²) in [5, 5.41) is 13.5. The SMILES string of the molecule is C[C@]1(F)CN(S(=O)(=O)c2ccc(F)cc2)CC1/C=[N+]1/N=C(CC(=O)O)c2ccccc21. The van der Waals surface area contributed by atoms with Crippen LogP contribution in [0.15, 0.2) is 58.5 Å². The molecule has 162 valence electrons. The number of fused-ring (bicyclic) bond motifs is 1. The number of halogens is 2. The van der Waals surface area contributed by atoms with Crippen molar-refractivity contribution in [1.29, 1.82) is 0 Å². The average Bonchev–Trinajstić information content (AvgIpc) is 3.20. The van der Waals surface area contributed by atoms with Gasteiger partial charge < -0.3 is 5.11 Å². The number of nitrogens with zero attached hydrogens (tertiary/aromatic N) is 3. The molecule has 1 saturated heterocycles. The minimum atomic E-state index is -4.01. The van der Waals surface area contributed by atoms with Gasteiger partial charge >= 0.3 is 5.97 Å². The number of aliphatic carboxylic acids is 1. The summed E-state index contributed by atoms with van der Waals surface area (Å²) in [5.41, 5.74) is -0.300. The molecule has 2 aromatic carbocycles. The van der Waals surface area contributed by atoms with Gasteiger partial charge in [0.05, 0.1) is 22.8 Å². The van der Waals surface area contributed by atoms with Crippen LogP contribution in [0.5, 0.6) is 0 Å². The zero-order chi connectivity index (χ0) is 22.4. The van der Waals surface area contributed by atoms with E-state index in [1.807, 2.05) is 0 Å². The monoisotopic (exact) mass is 448 g/mol. The first-order valence-corrected chi connectivity index (χ1v) is 11.0. The minimum Gasteiger partial charge on any atom is -0.481 e. The summed E-state index contributed by atoms with van der Waals surface area (Å²) in [6, 6.07) is 11.4. The van der Waals surface area contributed by atoms with Gasteiger partial charge in [0.2, 0.25) is 15.7 Å². The number of hydrogen-bond acceptors (Lipinski definition) is 4. The van der Waals surface area contributed by atoms with E-state index in [9.17, 15) is 17.6 Å². The molecule has 31 heavy (non-hydrogen) atoms. The van der Waals surface area contributed by atoms with Crippen molar-refractivity contribution in [3.05, 3.63) is 59.9 Å². The molecule has 10 heteroatoms. The quantitative estimate of drug-likeness (QED) is 0.713. The van der Waals surface area contributed by atoms with Crippen LogP contribution >= 0.6 is 0 Å². The molecule has 2 aromatic rings. The smallest absolute Gasteiger partial charge is 0.309 e. The van der Waals surface area contributed by atoms with E-state index in [-0.39, 0.29) is 24.4 Å². The lowest BCUT2D eigenvalue weighted by atomic mass is 9.96. The summed E-state index contributed by atoms with van der Waals surface area (Å²) in [5.74, 6) is -2.43. The summed E-state index contributed by atoms with van der Waals surface area (Å²) >= 11 is 0. The fraction of sp³-hybridized carbons (Fsp3) is 0.286. The highest BCUT2D eigenvalue weighted by molar-refractivity contribution is 7.89. The van der Waals surface area contributed by atoms with Crippen molar-refractivity contribution < 1.29 is 31.8 Å². The number of hydrazone groups is 1. The van der Waals surface area contributed by atoms with Gasteiger partial charge in [-0.3, -0.25) is 4.79 Å². The topological polar surface area (TPSA) is 90.0 Å². The highest BCUT2D eigenvalue weighted by Gasteiger charge is 2.49. The number of para-hydroxylation sites is 1. The van der Waals surface area contributed by atoms with E-state index < -0.39 is 33.4 Å². The molecule has 2 aliphatic rings. The summed E-state index contributed by atoms with van der Waals surface area (Å²) < 4.78 is 56.8. The molecule has 2 atom stereocenters. The van der Waals surface area contributed by atoms with Crippen molar-refractivity contribution in [2.45, 2.75) is 23.9 Å². The highest BCUT2D eigenvalue weighted by atomic mass is 32.2. The van der Waals surface area contributed by atoms with Gasteiger partial charge in [-0.25, -0.2) is 17.2 Å². The van der Waals surface area contributed by atoms with Gasteiger partial charge in [0.25, 0.3) is 0 Å². The standard InChI is InChI=1S/C21H19F2N3O4S/c1-21(23)13-25(31(29,30)16-8-6-15(22)7-9-16)11-14(21)12-26-19-5-3-2-4-17(19)18(24-26)10-20(27)28/h2-9,12,14H,10-11,13H2,1H3/p+1/b26-12+/t14?,21-/m0/s1. The maximum atomic E-state index is 15.4. The number of rotatable bonds is 5. The maximum absolute atomic E-state index is 15.4. The van der Waals surface area contributed by atoms with Gasteiger partial charge in [-0.05, 0) is 37.3 Å². The van der Waals surface area contributed by atoms with Gasteiger partial charge in [-0.1, -0.05) is 16.8 Å². The number of hydrogen-bond donors (Lipinski definition) is 1. The Balaban J connectivity index is 1.66. The Bertz CT molecular complexity index is 1210. The minimum absolute atomic E-state index is 0.112. The molecule has 0 amide bonds. The third-order valence-corrected chi connectivity index (χ3v) is 7.27. The van der Waals surface area contributed by atoms with Crippen LogP contribution in [0, 0.1) is 11.7 Å². The molecular formula is C21H20F2N3O4S+. The van der Waals surface area contributed by atoms with Crippen molar-refractivity contribution in [2.75, 3.05) is 13.1 Å². The van der Waals surface area contributed by atoms with Crippen molar-refractivity contribution in [2.24, 2.45) is 11.0 Å². The lowest BCUT2D eigenvalue weighted by Crippen LogP contribution is -2.33. The second-order valence-electron chi connectivity index (χ2n) is 7.76. The third kappa shape index (κ3) is 4.00. The zero-order valence-electron chi connectivity index (χ0n) is 16.6. The van der Waals surface area contributed by atoms with E-state index in [4.69, 9.17) is 5.11 Å². The second kappa shape index (κ2) is 7.61. The van der Waals surface area contributed by atoms with E-state index in [1.54, 1.807) is 24.3 Å². The van der Waals surface area contributed by atoms with E-state index in [0.717, 1.165) is 28.6 Å². The molecule has 0 spiro atoms. The van der Waals surface area contributed by atoms with Crippen LogP contribution < -0.4 is 0 Å². The number of carbonyl (C=O) groups is 1. The fourth-order valence-electron chi connectivity index (χ4n) is 3.79. The van der Waals surface area contributed by atoms with Crippen LogP contribution in [0.1, 0.15) is 18.9 Å². The van der Waals surface area contributed by atoms with E-state index in [0.29, 0.717) is 17.0 Å². The van der Waals surface area contributed by atoms with Gasteiger partial charge in [-0.2, -0.15) is 4.31 Å². The van der Waals surface area contributed by atoms with Crippen LogP contribution in [-0.4, -0.2) is 59.2 Å². The summed E-state index contributed by atoms with van der Waals surface area (Å²) in [6.45, 7) is 0.822. The highest BCUT2D eigenvalue weighted by Crippen LogP contribution is 2.35. The van der Waals surface area contributed by atoms with Crippen LogP contribution in [0.25, 0.3) is 0 Å². The molecule has 1 unspecified atom stereocenters. The van der Waals surface area contributed by atoms with Crippen molar-refractivity contribution in [3.63, 3.8) is 0 Å². The van der Waals surface area contributed by atoms with Crippen molar-refractivity contribution >= 4 is 33.6 Å². The predicted molar refractivity (Wildman–Crippen MR) is 109 cm³/mol. The number of benzene rings is 2. The molecule has 0 radical (unpaired) electrons. The van der Waals surface area contributed by atoms with Gasteiger partial charge in [-0.15, -0.1) is 0 Å². The van der Waals surface area contributed by atoms with Crippen molar-refractivity contribution in [3.8, 4) is 0 Å². The number of carboxylic acid groups (broad SMARTS) is 1. The third-order valence-electron chi connectivity index (χ3n) is 5.44. The summed E-state index contributed by atoms with van der Waals surface area (Å²) in [4.78, 5) is 11.0. The molecule has 0 bridgehead atoms. The molecule has 2 aliphatic heterocycles. The van der Waals surface area contributed by atoms with Crippen LogP contribution in [0.4, 0.5) is 14.5 Å². The van der Waals surface area contributed by atoms with Gasteiger partial charge in [0.15, 0.2) is 6.21 Å². The predicted octanol–water partition coefficient (Wildman–Crippen LogP) is 2.78. The first-order chi connectivity index (χ1) is 14.6. The maximum Gasteiger partial charge on any atom is 0.309 e. The first kappa shape index (κ1) is 21.3. The number of alkyl halides is 1. The number of carboxylic acids is 1. The first-order valence-electron chi connectivity index (χ1n) is 9.55. The van der Waals surface area contributed by atoms with E-state index >= 15 is 4.39 Å². The number of sulfonamides is 1. The second-order valence-corrected chi connectivity index (χ2v) is 9.70. The molecule has 2 heterocycles. The Labute approximate surface area is 178 Å². The Morgan fingerprint density at radius 3 is 2.65 bits per heavy atom. The molecule has 4 rings (SSSR count). The average molecular weight is 448 g/mol. The van der Waals surface area contributed by atoms with E-state index in [2.05, 4.69) is 5.10 Å². The largest absolute Gasteiger partial charge is 0.481 e. The lowest BCUT2D eigenvalue weighted by molar-refractivity contribution is -0.439. The summed E-state index contributed by atoms with van der Waals surface area (Å²) in [6.07, 6.45) is 1.21.